The van der Waals surface area contributed by atoms with Gasteiger partial charge in [0.1, 0.15) is 11.4 Å². The normalized spacial score (nSPS) is 24.5. The number of aliphatic imine (C=N–C) groups is 1. The summed E-state index contributed by atoms with van der Waals surface area (Å²) in [6.07, 6.45) is 1.66. The number of thioether (sulfide) groups is 1. The Hall–Kier alpha value is -1.80. The Morgan fingerprint density at radius 1 is 1.36 bits per heavy atom. The number of nitrogens with one attached hydrogen (secondary N) is 1. The number of alkyl carbamates (subject to hydrolysis) is 1. The van der Waals surface area contributed by atoms with E-state index in [1.54, 1.807) is 26.8 Å². The number of nitrogen functional groups attached to an aromatic ring is 1. The number of benzene rings is 1. The molecule has 3 N–H and O–H groups in total. The summed E-state index contributed by atoms with van der Waals surface area (Å²) >= 11 is 1.52. The highest BCUT2D eigenvalue weighted by atomic mass is 32.2. The predicted molar refractivity (Wildman–Crippen MR) is 110 cm³/mol. The zero-order valence-electron chi connectivity index (χ0n) is 16.8. The fourth-order valence-electron chi connectivity index (χ4n) is 3.73. The number of nitrogens with zero attached hydrogens (tertiary/aromatic N) is 1. The van der Waals surface area contributed by atoms with Gasteiger partial charge in [-0.15, -0.1) is 0 Å². The van der Waals surface area contributed by atoms with Gasteiger partial charge in [-0.2, -0.15) is 0 Å². The Bertz CT molecular complexity index is 787. The monoisotopic (exact) mass is 409 g/mol. The van der Waals surface area contributed by atoms with Crippen LogP contribution in [0, 0.1) is 5.82 Å². The lowest BCUT2D eigenvalue weighted by molar-refractivity contribution is 0.0562. The van der Waals surface area contributed by atoms with Crippen LogP contribution in [0.5, 0.6) is 0 Å². The van der Waals surface area contributed by atoms with Crippen molar-refractivity contribution in [1.29, 1.82) is 0 Å². The first-order valence-electron chi connectivity index (χ1n) is 9.43. The number of hydrogen-bond acceptors (Lipinski definition) is 6. The number of ether oxygens (including phenoxy) is 2. The third-order valence-electron chi connectivity index (χ3n) is 4.91. The number of amidine groups is 1. The second kappa shape index (κ2) is 7.55. The first-order valence-corrected chi connectivity index (χ1v) is 10.2. The zero-order chi connectivity index (χ0) is 20.6. The summed E-state index contributed by atoms with van der Waals surface area (Å²) in [5.41, 5.74) is 5.35. The minimum Gasteiger partial charge on any atom is -0.444 e. The Morgan fingerprint density at radius 3 is 2.68 bits per heavy atom. The van der Waals surface area contributed by atoms with Crippen molar-refractivity contribution in [3.05, 3.63) is 29.6 Å². The van der Waals surface area contributed by atoms with Crippen molar-refractivity contribution >= 4 is 28.7 Å². The second-order valence-corrected chi connectivity index (χ2v) is 10.1. The number of amides is 1. The van der Waals surface area contributed by atoms with Gasteiger partial charge in [0.15, 0.2) is 5.17 Å². The van der Waals surface area contributed by atoms with Crippen LogP contribution in [0.25, 0.3) is 0 Å². The van der Waals surface area contributed by atoms with Gasteiger partial charge < -0.3 is 15.2 Å². The van der Waals surface area contributed by atoms with E-state index < -0.39 is 17.2 Å². The molecule has 1 aromatic carbocycles. The number of anilines is 1. The van der Waals surface area contributed by atoms with Gasteiger partial charge in [0.05, 0.1) is 5.54 Å². The highest BCUT2D eigenvalue weighted by Crippen LogP contribution is 2.50. The molecule has 1 saturated heterocycles. The smallest absolute Gasteiger partial charge is 0.413 e. The van der Waals surface area contributed by atoms with E-state index in [2.05, 4.69) is 5.32 Å². The van der Waals surface area contributed by atoms with E-state index in [-0.39, 0.29) is 10.6 Å². The Kier molecular flexibility index (Phi) is 5.64. The first kappa shape index (κ1) is 20.9. The molecule has 6 nitrogen and oxygen atoms in total. The van der Waals surface area contributed by atoms with Crippen molar-refractivity contribution in [2.75, 3.05) is 18.9 Å². The minimum atomic E-state index is -0.855. The fourth-order valence-corrected chi connectivity index (χ4v) is 5.25. The number of halogens is 1. The maximum absolute atomic E-state index is 14.7. The van der Waals surface area contributed by atoms with Crippen molar-refractivity contribution in [3.8, 4) is 0 Å². The molecule has 28 heavy (non-hydrogen) atoms. The third-order valence-corrected chi connectivity index (χ3v) is 6.28. The lowest BCUT2D eigenvalue weighted by Gasteiger charge is -2.45. The summed E-state index contributed by atoms with van der Waals surface area (Å²) < 4.78 is 25.4. The van der Waals surface area contributed by atoms with Gasteiger partial charge in [-0.25, -0.2) is 9.18 Å². The molecule has 0 aliphatic carbocycles. The SMILES string of the molecule is CC(C)(C)OC(=O)NC1=N[C@@](C)(c2cc(N)ccc2F)CC2(CCOCC2)S1. The highest BCUT2D eigenvalue weighted by Gasteiger charge is 2.47. The molecule has 2 aliphatic rings. The molecular formula is C20H28FN3O3S. The Balaban J connectivity index is 1.97. The van der Waals surface area contributed by atoms with E-state index in [1.807, 2.05) is 6.92 Å². The maximum atomic E-state index is 14.7. The second-order valence-electron chi connectivity index (χ2n) is 8.63. The summed E-state index contributed by atoms with van der Waals surface area (Å²) in [5, 5.41) is 3.20. The average Bonchev–Trinajstić information content (AvgIpc) is 2.55. The highest BCUT2D eigenvalue weighted by molar-refractivity contribution is 8.15. The quantitative estimate of drug-likeness (QED) is 0.679. The van der Waals surface area contributed by atoms with Crippen LogP contribution in [0.2, 0.25) is 0 Å². The third kappa shape index (κ3) is 4.78. The molecule has 1 spiro atoms. The van der Waals surface area contributed by atoms with E-state index in [9.17, 15) is 9.18 Å². The molecular weight excluding hydrogens is 381 g/mol. The molecule has 2 heterocycles. The molecule has 0 saturated carbocycles. The predicted octanol–water partition coefficient (Wildman–Crippen LogP) is 4.19. The summed E-state index contributed by atoms with van der Waals surface area (Å²) in [6, 6.07) is 4.53. The van der Waals surface area contributed by atoms with Gasteiger partial charge in [0, 0.05) is 29.2 Å². The van der Waals surface area contributed by atoms with Crippen LogP contribution in [-0.2, 0) is 15.0 Å². The van der Waals surface area contributed by atoms with Crippen molar-refractivity contribution in [1.82, 2.24) is 5.32 Å². The van der Waals surface area contributed by atoms with Crippen LogP contribution in [0.3, 0.4) is 0 Å². The van der Waals surface area contributed by atoms with Gasteiger partial charge in [-0.1, -0.05) is 11.8 Å². The minimum absolute atomic E-state index is 0.198. The molecule has 8 heteroatoms. The molecule has 2 aliphatic heterocycles. The summed E-state index contributed by atoms with van der Waals surface area (Å²) in [4.78, 5) is 17.1. The van der Waals surface area contributed by atoms with Crippen molar-refractivity contribution < 1.29 is 18.7 Å². The summed E-state index contributed by atoms with van der Waals surface area (Å²) in [5.74, 6) is -0.355. The Morgan fingerprint density at radius 2 is 2.04 bits per heavy atom. The summed E-state index contributed by atoms with van der Waals surface area (Å²) in [6.45, 7) is 8.54. The van der Waals surface area contributed by atoms with Crippen molar-refractivity contribution in [2.24, 2.45) is 4.99 Å². The van der Waals surface area contributed by atoms with Crippen LogP contribution in [0.1, 0.15) is 52.5 Å². The standard InChI is InChI=1S/C20H28FN3O3S/c1-18(2,3)27-17(25)23-16-24-19(4,14-11-13(22)5-6-15(14)21)12-20(28-16)7-9-26-10-8-20/h5-6,11H,7-10,12,22H2,1-4H3,(H,23,24,25)/t19-/m1/s1. The number of hydrogen-bond donors (Lipinski definition) is 2. The molecule has 0 unspecified atom stereocenters. The molecule has 0 aromatic heterocycles. The number of carbonyl (C=O) groups is 1. The molecule has 154 valence electrons. The van der Waals surface area contributed by atoms with Crippen molar-refractivity contribution in [2.45, 2.75) is 62.8 Å². The zero-order valence-corrected chi connectivity index (χ0v) is 17.6. The van der Waals surface area contributed by atoms with Crippen molar-refractivity contribution in [3.63, 3.8) is 0 Å². The topological polar surface area (TPSA) is 85.9 Å². The van der Waals surface area contributed by atoms with Crippen LogP contribution in [0.4, 0.5) is 14.9 Å². The molecule has 1 fully saturated rings. The van der Waals surface area contributed by atoms with Crippen LogP contribution < -0.4 is 11.1 Å². The van der Waals surface area contributed by atoms with E-state index in [0.29, 0.717) is 36.1 Å². The van der Waals surface area contributed by atoms with E-state index in [0.717, 1.165) is 12.8 Å². The molecule has 1 amide bonds. The van der Waals surface area contributed by atoms with E-state index in [1.165, 1.54) is 23.9 Å². The Labute approximate surface area is 169 Å². The lowest BCUT2D eigenvalue weighted by atomic mass is 9.79. The lowest BCUT2D eigenvalue weighted by Crippen LogP contribution is -2.48. The van der Waals surface area contributed by atoms with E-state index in [4.69, 9.17) is 20.2 Å². The van der Waals surface area contributed by atoms with Crippen LogP contribution in [-0.4, -0.2) is 34.8 Å². The average molecular weight is 410 g/mol. The number of nitrogens with two attached hydrogens (primary N) is 1. The van der Waals surface area contributed by atoms with Crippen LogP contribution >= 0.6 is 11.8 Å². The first-order chi connectivity index (χ1) is 13.0. The van der Waals surface area contributed by atoms with Crippen LogP contribution in [0.15, 0.2) is 23.2 Å². The molecule has 0 bridgehead atoms. The summed E-state index contributed by atoms with van der Waals surface area (Å²) in [7, 11) is 0. The molecule has 1 atom stereocenters. The van der Waals surface area contributed by atoms with Gasteiger partial charge >= 0.3 is 6.09 Å². The largest absolute Gasteiger partial charge is 0.444 e. The fraction of sp³-hybridized carbons (Fsp3) is 0.600. The molecule has 1 aromatic rings. The molecule has 0 radical (unpaired) electrons. The van der Waals surface area contributed by atoms with Gasteiger partial charge in [0.2, 0.25) is 0 Å². The van der Waals surface area contributed by atoms with Gasteiger partial charge in [0.25, 0.3) is 0 Å². The maximum Gasteiger partial charge on any atom is 0.413 e. The van der Waals surface area contributed by atoms with E-state index >= 15 is 0 Å². The number of carbonyl (C=O) groups excluding carboxylic acids is 1. The number of rotatable bonds is 1. The van der Waals surface area contributed by atoms with Gasteiger partial charge in [-0.05, 0) is 65.2 Å². The molecule has 3 rings (SSSR count). The van der Waals surface area contributed by atoms with Gasteiger partial charge in [-0.3, -0.25) is 10.3 Å².